The van der Waals surface area contributed by atoms with Gasteiger partial charge >= 0.3 is 0 Å². The number of hydrogen-bond acceptors (Lipinski definition) is 5. The van der Waals surface area contributed by atoms with Gasteiger partial charge in [-0.1, -0.05) is 36.4 Å². The zero-order valence-corrected chi connectivity index (χ0v) is 18.1. The van der Waals surface area contributed by atoms with Crippen LogP contribution in [0.2, 0.25) is 0 Å². The van der Waals surface area contributed by atoms with Crippen molar-refractivity contribution in [1.29, 1.82) is 0 Å². The largest absolute Gasteiger partial charge is 0.441 e. The lowest BCUT2D eigenvalue weighted by molar-refractivity contribution is -0.121. The highest BCUT2D eigenvalue weighted by Gasteiger charge is 2.34. The number of carbonyl (C=O) groups is 1. The minimum atomic E-state index is 0.0126. The number of pyridine rings is 1. The predicted molar refractivity (Wildman–Crippen MR) is 121 cm³/mol. The van der Waals surface area contributed by atoms with Gasteiger partial charge in [0.2, 0.25) is 5.91 Å². The van der Waals surface area contributed by atoms with Crippen LogP contribution in [0.3, 0.4) is 0 Å². The van der Waals surface area contributed by atoms with E-state index in [1.54, 1.807) is 12.3 Å². The van der Waals surface area contributed by atoms with E-state index in [9.17, 15) is 9.59 Å². The molecule has 1 aromatic carbocycles. The maximum atomic E-state index is 12.3. The van der Waals surface area contributed by atoms with Gasteiger partial charge in [0, 0.05) is 68.8 Å². The van der Waals surface area contributed by atoms with Crippen LogP contribution in [0, 0.1) is 5.92 Å². The predicted octanol–water partition coefficient (Wildman–Crippen LogP) is 2.67. The Balaban J connectivity index is 1.07. The molecule has 1 amide bonds. The Kier molecular flexibility index (Phi) is 5.90. The highest BCUT2D eigenvalue weighted by atomic mass is 16.4. The molecule has 0 spiro atoms. The van der Waals surface area contributed by atoms with E-state index in [2.05, 4.69) is 21.3 Å². The first-order valence-electron chi connectivity index (χ1n) is 11.3. The van der Waals surface area contributed by atoms with Crippen molar-refractivity contribution in [2.24, 2.45) is 5.92 Å². The lowest BCUT2D eigenvalue weighted by atomic mass is 9.83. The molecule has 3 aromatic rings. The summed E-state index contributed by atoms with van der Waals surface area (Å²) in [4.78, 5) is 31.2. The maximum absolute atomic E-state index is 12.3. The summed E-state index contributed by atoms with van der Waals surface area (Å²) >= 11 is 0. The molecule has 0 aliphatic carbocycles. The summed E-state index contributed by atoms with van der Waals surface area (Å²) in [5.41, 5.74) is 2.25. The van der Waals surface area contributed by atoms with Crippen molar-refractivity contribution >= 4 is 5.91 Å². The summed E-state index contributed by atoms with van der Waals surface area (Å²) in [6.07, 6.45) is 3.70. The number of benzene rings is 1. The molecule has 5 rings (SSSR count). The smallest absolute Gasteiger partial charge is 0.250 e. The second-order valence-corrected chi connectivity index (χ2v) is 8.79. The van der Waals surface area contributed by atoms with Gasteiger partial charge in [-0.25, -0.2) is 4.98 Å². The number of fused-ring (bicyclic) bond motifs is 4. The number of nitrogens with one attached hydrogen (secondary N) is 1. The van der Waals surface area contributed by atoms with E-state index < -0.39 is 0 Å². The Bertz CT molecular complexity index is 1140. The number of oxazole rings is 1. The van der Waals surface area contributed by atoms with Crippen LogP contribution >= 0.6 is 0 Å². The Morgan fingerprint density at radius 1 is 1.09 bits per heavy atom. The first kappa shape index (κ1) is 20.7. The van der Waals surface area contributed by atoms with Gasteiger partial charge in [0.15, 0.2) is 11.7 Å². The summed E-state index contributed by atoms with van der Waals surface area (Å²) in [5, 5.41) is 3.03. The zero-order valence-electron chi connectivity index (χ0n) is 18.1. The molecule has 1 fully saturated rings. The van der Waals surface area contributed by atoms with Crippen molar-refractivity contribution in [2.45, 2.75) is 31.7 Å². The molecule has 2 aliphatic rings. The second-order valence-electron chi connectivity index (χ2n) is 8.79. The van der Waals surface area contributed by atoms with Crippen LogP contribution in [0.5, 0.6) is 0 Å². The van der Waals surface area contributed by atoms with Gasteiger partial charge < -0.3 is 19.2 Å². The summed E-state index contributed by atoms with van der Waals surface area (Å²) in [6, 6.07) is 15.4. The Morgan fingerprint density at radius 2 is 1.97 bits per heavy atom. The van der Waals surface area contributed by atoms with Crippen LogP contribution in [0.1, 0.15) is 30.3 Å². The molecule has 0 radical (unpaired) electrons. The number of amides is 1. The van der Waals surface area contributed by atoms with Gasteiger partial charge in [-0.05, 0) is 18.4 Å². The van der Waals surface area contributed by atoms with Crippen LogP contribution in [-0.2, 0) is 17.8 Å². The van der Waals surface area contributed by atoms with Crippen molar-refractivity contribution in [2.75, 3.05) is 26.2 Å². The third-order valence-electron chi connectivity index (χ3n) is 6.48. The van der Waals surface area contributed by atoms with Crippen LogP contribution in [0.15, 0.2) is 63.9 Å². The molecule has 1 saturated heterocycles. The lowest BCUT2D eigenvalue weighted by Crippen LogP contribution is -2.48. The summed E-state index contributed by atoms with van der Waals surface area (Å²) in [7, 11) is 0. The van der Waals surface area contributed by atoms with Gasteiger partial charge in [-0.2, -0.15) is 0 Å². The van der Waals surface area contributed by atoms with Gasteiger partial charge in [-0.3, -0.25) is 9.59 Å². The molecule has 2 atom stereocenters. The van der Waals surface area contributed by atoms with Crippen LogP contribution in [0.25, 0.3) is 11.3 Å². The number of piperidine rings is 1. The third-order valence-corrected chi connectivity index (χ3v) is 6.48. The summed E-state index contributed by atoms with van der Waals surface area (Å²) < 4.78 is 7.72. The Morgan fingerprint density at radius 3 is 2.84 bits per heavy atom. The van der Waals surface area contributed by atoms with E-state index in [-0.39, 0.29) is 11.5 Å². The Hall–Kier alpha value is -3.19. The fourth-order valence-electron chi connectivity index (χ4n) is 5.00. The maximum Gasteiger partial charge on any atom is 0.250 e. The number of rotatable bonds is 7. The van der Waals surface area contributed by atoms with Crippen LogP contribution in [-0.4, -0.2) is 46.5 Å². The standard InChI is InChI=1S/C25H28N4O3/c30-23(9-10-24-27-14-22(32-24)19-5-2-1-3-6-19)26-11-12-28-15-18-13-20(17-28)21-7-4-8-25(31)29(21)16-18/h1-8,14,18,20H,9-13,15-17H2,(H,26,30)/t18-,20+/m1/s1. The molecular weight excluding hydrogens is 404 g/mol. The minimum absolute atomic E-state index is 0.0126. The average molecular weight is 433 g/mol. The number of aromatic nitrogens is 2. The van der Waals surface area contributed by atoms with E-state index in [4.69, 9.17) is 4.42 Å². The lowest BCUT2D eigenvalue weighted by Gasteiger charge is -2.42. The average Bonchev–Trinajstić information content (AvgIpc) is 3.28. The molecule has 32 heavy (non-hydrogen) atoms. The van der Waals surface area contributed by atoms with Crippen molar-refractivity contribution in [1.82, 2.24) is 19.8 Å². The topological polar surface area (TPSA) is 80.4 Å². The van der Waals surface area contributed by atoms with E-state index >= 15 is 0 Å². The van der Waals surface area contributed by atoms with Crippen LogP contribution in [0.4, 0.5) is 0 Å². The van der Waals surface area contributed by atoms with Crippen molar-refractivity contribution in [3.8, 4) is 11.3 Å². The van der Waals surface area contributed by atoms with Gasteiger partial charge in [0.1, 0.15) is 0 Å². The molecule has 7 heteroatoms. The van der Waals surface area contributed by atoms with Crippen molar-refractivity contribution in [3.05, 3.63) is 76.7 Å². The zero-order chi connectivity index (χ0) is 21.9. The molecule has 0 saturated carbocycles. The molecular formula is C25H28N4O3. The fourth-order valence-corrected chi connectivity index (χ4v) is 5.00. The molecule has 2 aliphatic heterocycles. The molecule has 7 nitrogen and oxygen atoms in total. The Labute approximate surface area is 187 Å². The highest BCUT2D eigenvalue weighted by molar-refractivity contribution is 5.76. The minimum Gasteiger partial charge on any atom is -0.441 e. The molecule has 4 heterocycles. The van der Waals surface area contributed by atoms with E-state index in [1.807, 2.05) is 41.0 Å². The number of nitrogens with zero attached hydrogens (tertiary/aromatic N) is 3. The monoisotopic (exact) mass is 432 g/mol. The van der Waals surface area contributed by atoms with Crippen molar-refractivity contribution < 1.29 is 9.21 Å². The molecule has 0 unspecified atom stereocenters. The highest BCUT2D eigenvalue weighted by Crippen LogP contribution is 2.34. The molecule has 2 bridgehead atoms. The van der Waals surface area contributed by atoms with Crippen LogP contribution < -0.4 is 10.9 Å². The second kappa shape index (κ2) is 9.12. The molecule has 2 aromatic heterocycles. The normalized spacial score (nSPS) is 20.0. The fraction of sp³-hybridized carbons (Fsp3) is 0.400. The number of aryl methyl sites for hydroxylation is 1. The third kappa shape index (κ3) is 4.53. The van der Waals surface area contributed by atoms with E-state index in [1.165, 1.54) is 0 Å². The van der Waals surface area contributed by atoms with E-state index in [0.29, 0.717) is 37.1 Å². The number of carbonyl (C=O) groups excluding carboxylic acids is 1. The first-order valence-corrected chi connectivity index (χ1v) is 11.3. The summed E-state index contributed by atoms with van der Waals surface area (Å²) in [5.74, 6) is 2.22. The van der Waals surface area contributed by atoms with Gasteiger partial charge in [0.25, 0.3) is 5.56 Å². The first-order chi connectivity index (χ1) is 15.7. The number of likely N-dealkylation sites (tertiary alicyclic amines) is 1. The summed E-state index contributed by atoms with van der Waals surface area (Å²) in [6.45, 7) is 4.17. The van der Waals surface area contributed by atoms with Gasteiger partial charge in [-0.15, -0.1) is 0 Å². The van der Waals surface area contributed by atoms with E-state index in [0.717, 1.165) is 49.6 Å². The quantitative estimate of drug-likeness (QED) is 0.621. The SMILES string of the molecule is O=C(CCc1ncc(-c2ccccc2)o1)NCCN1C[C@H]2C[C@@H](C1)c1cccc(=O)n1C2. The van der Waals surface area contributed by atoms with Gasteiger partial charge in [0.05, 0.1) is 6.20 Å². The van der Waals surface area contributed by atoms with Crippen molar-refractivity contribution in [3.63, 3.8) is 0 Å². The number of hydrogen-bond donors (Lipinski definition) is 1. The molecule has 166 valence electrons. The molecule has 1 N–H and O–H groups in total.